The summed E-state index contributed by atoms with van der Waals surface area (Å²) in [5.74, 6) is 0. The lowest BCUT2D eigenvalue weighted by Gasteiger charge is -1.98. The third-order valence-corrected chi connectivity index (χ3v) is 4.82. The second-order valence-electron chi connectivity index (χ2n) is 4.52. The number of hydrogen-bond acceptors (Lipinski definition) is 5. The Balaban J connectivity index is 1.65. The highest BCUT2D eigenvalue weighted by molar-refractivity contribution is 7.11. The summed E-state index contributed by atoms with van der Waals surface area (Å²) in [6, 6.07) is 4.32. The zero-order chi connectivity index (χ0) is 13.3. The molecule has 0 fully saturated rings. The molecule has 0 atom stereocenters. The van der Waals surface area contributed by atoms with Gasteiger partial charge >= 0.3 is 0 Å². The first kappa shape index (κ1) is 14.6. The molecule has 0 unspecified atom stereocenters. The van der Waals surface area contributed by atoms with Crippen LogP contribution in [0.4, 0.5) is 0 Å². The molecule has 0 bridgehead atoms. The number of hydrogen-bond donors (Lipinski definition) is 1. The van der Waals surface area contributed by atoms with Gasteiger partial charge in [-0.2, -0.15) is 0 Å². The minimum absolute atomic E-state index is 1.00. The van der Waals surface area contributed by atoms with E-state index >= 15 is 0 Å². The molecular weight excluding hydrogens is 274 g/mol. The van der Waals surface area contributed by atoms with Crippen LogP contribution >= 0.6 is 22.7 Å². The minimum atomic E-state index is 1.00. The van der Waals surface area contributed by atoms with E-state index in [0.29, 0.717) is 0 Å². The highest BCUT2D eigenvalue weighted by Crippen LogP contribution is 2.15. The molecule has 19 heavy (non-hydrogen) atoms. The normalized spacial score (nSPS) is 11.0. The van der Waals surface area contributed by atoms with Gasteiger partial charge in [-0.1, -0.05) is 13.0 Å². The van der Waals surface area contributed by atoms with Gasteiger partial charge in [-0.05, 0) is 37.3 Å². The lowest BCUT2D eigenvalue weighted by atomic mass is 10.2. The number of aromatic nitrogens is 2. The molecule has 0 radical (unpaired) electrons. The van der Waals surface area contributed by atoms with E-state index in [-0.39, 0.29) is 0 Å². The molecular formula is C14H21N3S2. The van der Waals surface area contributed by atoms with E-state index in [4.69, 9.17) is 0 Å². The van der Waals surface area contributed by atoms with E-state index in [0.717, 1.165) is 37.4 Å². The molecule has 0 aromatic carbocycles. The third-order valence-electron chi connectivity index (χ3n) is 2.85. The van der Waals surface area contributed by atoms with E-state index < -0.39 is 0 Å². The maximum Gasteiger partial charge on any atom is 0.118 e. The van der Waals surface area contributed by atoms with Crippen molar-refractivity contribution in [1.82, 2.24) is 15.5 Å². The zero-order valence-electron chi connectivity index (χ0n) is 11.4. The van der Waals surface area contributed by atoms with Gasteiger partial charge in [0.05, 0.1) is 0 Å². The second-order valence-corrected chi connectivity index (χ2v) is 6.70. The van der Waals surface area contributed by atoms with Crippen molar-refractivity contribution in [2.24, 2.45) is 0 Å². The summed E-state index contributed by atoms with van der Waals surface area (Å²) in [6.45, 7) is 4.29. The summed E-state index contributed by atoms with van der Waals surface area (Å²) in [6.07, 6.45) is 5.57. The van der Waals surface area contributed by atoms with Crippen LogP contribution in [0.1, 0.15) is 34.7 Å². The summed E-state index contributed by atoms with van der Waals surface area (Å²) in [5.41, 5.74) is 0. The molecule has 0 saturated heterocycles. The van der Waals surface area contributed by atoms with Gasteiger partial charge in [0.2, 0.25) is 0 Å². The highest BCUT2D eigenvalue weighted by atomic mass is 32.1. The van der Waals surface area contributed by atoms with Crippen LogP contribution in [0.15, 0.2) is 17.5 Å². The van der Waals surface area contributed by atoms with Crippen molar-refractivity contribution in [2.45, 2.75) is 39.0 Å². The van der Waals surface area contributed by atoms with Gasteiger partial charge < -0.3 is 5.32 Å². The molecule has 1 N–H and O–H groups in total. The maximum atomic E-state index is 4.28. The Labute approximate surface area is 123 Å². The van der Waals surface area contributed by atoms with Crippen molar-refractivity contribution in [2.75, 3.05) is 13.1 Å². The molecule has 2 aromatic heterocycles. The molecule has 0 aliphatic rings. The quantitative estimate of drug-likeness (QED) is 0.721. The van der Waals surface area contributed by atoms with Crippen LogP contribution in [0.25, 0.3) is 0 Å². The summed E-state index contributed by atoms with van der Waals surface area (Å²) in [4.78, 5) is 1.47. The predicted molar refractivity (Wildman–Crippen MR) is 83.1 cm³/mol. The molecule has 104 valence electrons. The third kappa shape index (κ3) is 5.38. The Morgan fingerprint density at radius 2 is 1.95 bits per heavy atom. The van der Waals surface area contributed by atoms with Gasteiger partial charge in [-0.3, -0.25) is 0 Å². The van der Waals surface area contributed by atoms with Crippen LogP contribution in [-0.2, 0) is 19.3 Å². The summed E-state index contributed by atoms with van der Waals surface area (Å²) in [7, 11) is 0. The highest BCUT2D eigenvalue weighted by Gasteiger charge is 2.04. The van der Waals surface area contributed by atoms with E-state index in [1.807, 2.05) is 11.3 Å². The molecule has 0 spiro atoms. The fraction of sp³-hybridized carbons (Fsp3) is 0.571. The van der Waals surface area contributed by atoms with Crippen molar-refractivity contribution >= 4 is 22.7 Å². The van der Waals surface area contributed by atoms with Gasteiger partial charge in [0.15, 0.2) is 0 Å². The van der Waals surface area contributed by atoms with Crippen molar-refractivity contribution in [3.05, 3.63) is 32.4 Å². The van der Waals surface area contributed by atoms with E-state index in [2.05, 4.69) is 40.0 Å². The Kier molecular flexibility index (Phi) is 6.47. The molecule has 2 heterocycles. The molecule has 5 heteroatoms. The Bertz CT molecular complexity index is 451. The summed E-state index contributed by atoms with van der Waals surface area (Å²) < 4.78 is 0. The average Bonchev–Trinajstić information content (AvgIpc) is 3.07. The standard InChI is InChI=1S/C14H21N3S2/c1-2-9-15-10-8-14-17-16-13(19-14)7-3-5-12-6-4-11-18-12/h4,6,11,15H,2-3,5,7-10H2,1H3. The molecule has 0 saturated carbocycles. The van der Waals surface area contributed by atoms with E-state index in [1.165, 1.54) is 22.7 Å². The van der Waals surface area contributed by atoms with Crippen LogP contribution < -0.4 is 5.32 Å². The first-order valence-electron chi connectivity index (χ1n) is 6.93. The molecule has 2 rings (SSSR count). The zero-order valence-corrected chi connectivity index (χ0v) is 13.0. The second kappa shape index (κ2) is 8.40. The van der Waals surface area contributed by atoms with E-state index in [1.54, 1.807) is 11.3 Å². The van der Waals surface area contributed by atoms with Crippen molar-refractivity contribution in [3.63, 3.8) is 0 Å². The summed E-state index contributed by atoms with van der Waals surface area (Å²) in [5, 5.41) is 16.4. The van der Waals surface area contributed by atoms with Crippen LogP contribution in [-0.4, -0.2) is 23.3 Å². The largest absolute Gasteiger partial charge is 0.316 e. The van der Waals surface area contributed by atoms with Crippen molar-refractivity contribution in [3.8, 4) is 0 Å². The first-order chi connectivity index (χ1) is 9.38. The van der Waals surface area contributed by atoms with Gasteiger partial charge in [0.1, 0.15) is 10.0 Å². The Morgan fingerprint density at radius 1 is 1.11 bits per heavy atom. The average molecular weight is 295 g/mol. The monoisotopic (exact) mass is 295 g/mol. The fourth-order valence-electron chi connectivity index (χ4n) is 1.86. The van der Waals surface area contributed by atoms with Gasteiger partial charge in [0, 0.05) is 24.3 Å². The summed E-state index contributed by atoms with van der Waals surface area (Å²) >= 11 is 3.61. The number of thiophene rings is 1. The molecule has 2 aromatic rings. The first-order valence-corrected chi connectivity index (χ1v) is 8.62. The number of nitrogens with zero attached hydrogens (tertiary/aromatic N) is 2. The van der Waals surface area contributed by atoms with Gasteiger partial charge in [0.25, 0.3) is 0 Å². The van der Waals surface area contributed by atoms with Crippen LogP contribution in [0.2, 0.25) is 0 Å². The van der Waals surface area contributed by atoms with Crippen molar-refractivity contribution in [1.29, 1.82) is 0 Å². The number of rotatable bonds is 9. The van der Waals surface area contributed by atoms with Crippen LogP contribution in [0, 0.1) is 0 Å². The minimum Gasteiger partial charge on any atom is -0.316 e. The van der Waals surface area contributed by atoms with Gasteiger partial charge in [-0.15, -0.1) is 32.9 Å². The smallest absolute Gasteiger partial charge is 0.118 e. The SMILES string of the molecule is CCCNCCc1nnc(CCCc2cccs2)s1. The molecule has 0 amide bonds. The number of aryl methyl sites for hydroxylation is 2. The predicted octanol–water partition coefficient (Wildman–Crippen LogP) is 3.32. The van der Waals surface area contributed by atoms with Crippen LogP contribution in [0.5, 0.6) is 0 Å². The van der Waals surface area contributed by atoms with E-state index in [9.17, 15) is 0 Å². The van der Waals surface area contributed by atoms with Crippen molar-refractivity contribution < 1.29 is 0 Å². The Hall–Kier alpha value is -0.780. The van der Waals surface area contributed by atoms with Gasteiger partial charge in [-0.25, -0.2) is 0 Å². The maximum absolute atomic E-state index is 4.28. The molecule has 0 aliphatic carbocycles. The number of nitrogens with one attached hydrogen (secondary N) is 1. The Morgan fingerprint density at radius 3 is 2.68 bits per heavy atom. The lowest BCUT2D eigenvalue weighted by molar-refractivity contribution is 0.667. The fourth-order valence-corrected chi connectivity index (χ4v) is 3.49. The molecule has 3 nitrogen and oxygen atoms in total. The topological polar surface area (TPSA) is 37.8 Å². The molecule has 0 aliphatic heterocycles. The lowest BCUT2D eigenvalue weighted by Crippen LogP contribution is -2.17. The van der Waals surface area contributed by atoms with Crippen LogP contribution in [0.3, 0.4) is 0 Å².